The second-order valence-electron chi connectivity index (χ2n) is 12.2. The predicted octanol–water partition coefficient (Wildman–Crippen LogP) is 4.84. The van der Waals surface area contributed by atoms with Crippen LogP contribution in [0.3, 0.4) is 0 Å². The second-order valence-corrected chi connectivity index (χ2v) is 12.2. The number of carbonyl (C=O) groups excluding carboxylic acids is 2. The van der Waals surface area contributed by atoms with Gasteiger partial charge in [0.05, 0.1) is 0 Å². The highest BCUT2D eigenvalue weighted by atomic mass is 16.4. The van der Waals surface area contributed by atoms with Crippen LogP contribution >= 0.6 is 0 Å². The third-order valence-electron chi connectivity index (χ3n) is 9.36. The van der Waals surface area contributed by atoms with Gasteiger partial charge in [0.15, 0.2) is 0 Å². The standard InChI is InChI=1S/C33H43N3O4/c1-22-9-6-10-23(2)29(22)32(38)36-20-26-18-35(19-27(26)21-36)28-15-7-11-24(17-28)12-8-16-34-31(37)30(33(39)40)25-13-4-3-5-14-25/h6-7,9-11,15,17,25-27,30H,3-5,8,12-14,16,18-21H2,1-2H3,(H,34,37)(H,39,40). The lowest BCUT2D eigenvalue weighted by molar-refractivity contribution is -0.150. The van der Waals surface area contributed by atoms with Crippen LogP contribution in [0.25, 0.3) is 0 Å². The van der Waals surface area contributed by atoms with E-state index < -0.39 is 11.9 Å². The van der Waals surface area contributed by atoms with E-state index in [1.807, 2.05) is 32.0 Å². The number of amides is 2. The van der Waals surface area contributed by atoms with Crippen LogP contribution in [0.15, 0.2) is 42.5 Å². The van der Waals surface area contributed by atoms with Crippen LogP contribution in [0.4, 0.5) is 5.69 Å². The largest absolute Gasteiger partial charge is 0.481 e. The molecule has 1 saturated carbocycles. The quantitative estimate of drug-likeness (QED) is 0.348. The van der Waals surface area contributed by atoms with Crippen LogP contribution in [0.2, 0.25) is 0 Å². The number of fused-ring (bicyclic) bond motifs is 1. The van der Waals surface area contributed by atoms with Crippen molar-refractivity contribution in [2.75, 3.05) is 37.6 Å². The fourth-order valence-corrected chi connectivity index (χ4v) is 7.20. The molecule has 2 aliphatic heterocycles. The average molecular weight is 546 g/mol. The monoisotopic (exact) mass is 545 g/mol. The molecule has 2 heterocycles. The van der Waals surface area contributed by atoms with Crippen molar-refractivity contribution in [3.8, 4) is 0 Å². The van der Waals surface area contributed by atoms with Crippen molar-refractivity contribution in [1.29, 1.82) is 0 Å². The Morgan fingerprint density at radius 3 is 2.23 bits per heavy atom. The first kappa shape index (κ1) is 28.2. The van der Waals surface area contributed by atoms with Gasteiger partial charge in [0.1, 0.15) is 5.92 Å². The lowest BCUT2D eigenvalue weighted by atomic mass is 9.79. The van der Waals surface area contributed by atoms with Gasteiger partial charge in [-0.3, -0.25) is 14.4 Å². The molecule has 2 aromatic rings. The summed E-state index contributed by atoms with van der Waals surface area (Å²) in [7, 11) is 0. The number of hydrogen-bond donors (Lipinski definition) is 2. The zero-order chi connectivity index (χ0) is 28.2. The number of carboxylic acids is 1. The summed E-state index contributed by atoms with van der Waals surface area (Å²) in [6.07, 6.45) is 6.42. The highest BCUT2D eigenvalue weighted by Crippen LogP contribution is 2.35. The molecule has 3 atom stereocenters. The number of aliphatic carboxylic acids is 1. The van der Waals surface area contributed by atoms with Crippen molar-refractivity contribution in [2.24, 2.45) is 23.7 Å². The van der Waals surface area contributed by atoms with Crippen molar-refractivity contribution >= 4 is 23.5 Å². The van der Waals surface area contributed by atoms with Gasteiger partial charge in [0.2, 0.25) is 5.91 Å². The number of carboxylic acid groups (broad SMARTS) is 1. The van der Waals surface area contributed by atoms with Gasteiger partial charge >= 0.3 is 5.97 Å². The van der Waals surface area contributed by atoms with Crippen LogP contribution in [-0.2, 0) is 16.0 Å². The van der Waals surface area contributed by atoms with Crippen molar-refractivity contribution in [2.45, 2.75) is 58.8 Å². The van der Waals surface area contributed by atoms with Crippen molar-refractivity contribution in [3.05, 3.63) is 64.7 Å². The molecule has 0 aromatic heterocycles. The summed E-state index contributed by atoms with van der Waals surface area (Å²) in [6.45, 7) is 8.05. The van der Waals surface area contributed by atoms with Gasteiger partial charge < -0.3 is 20.2 Å². The van der Waals surface area contributed by atoms with Crippen LogP contribution in [0.5, 0.6) is 0 Å². The maximum atomic E-state index is 13.3. The SMILES string of the molecule is Cc1cccc(C)c1C(=O)N1CC2CN(c3cccc(CCCNC(=O)C(C(=O)O)C4CCCCC4)c3)CC2C1. The number of nitrogens with zero attached hydrogens (tertiary/aromatic N) is 2. The summed E-state index contributed by atoms with van der Waals surface area (Å²) in [6, 6.07) is 14.7. The van der Waals surface area contributed by atoms with Gasteiger partial charge in [0.25, 0.3) is 5.91 Å². The molecule has 7 nitrogen and oxygen atoms in total. The summed E-state index contributed by atoms with van der Waals surface area (Å²) in [5.41, 5.74) is 5.39. The van der Waals surface area contributed by atoms with Crippen molar-refractivity contribution in [3.63, 3.8) is 0 Å². The number of benzene rings is 2. The first-order valence-corrected chi connectivity index (χ1v) is 15.0. The van der Waals surface area contributed by atoms with Gasteiger partial charge in [-0.15, -0.1) is 0 Å². The molecule has 5 rings (SSSR count). The Bertz CT molecular complexity index is 1200. The third kappa shape index (κ3) is 6.18. The molecule has 1 aliphatic carbocycles. The van der Waals surface area contributed by atoms with Crippen LogP contribution in [0, 0.1) is 37.5 Å². The molecule has 2 aromatic carbocycles. The molecule has 0 radical (unpaired) electrons. The molecular weight excluding hydrogens is 502 g/mol. The van der Waals surface area contributed by atoms with E-state index in [0.29, 0.717) is 18.4 Å². The highest BCUT2D eigenvalue weighted by molar-refractivity contribution is 5.97. The molecule has 40 heavy (non-hydrogen) atoms. The van der Waals surface area contributed by atoms with Crippen LogP contribution in [0.1, 0.15) is 65.6 Å². The first-order valence-electron chi connectivity index (χ1n) is 15.0. The molecule has 2 N–H and O–H groups in total. The lowest BCUT2D eigenvalue weighted by Crippen LogP contribution is -2.41. The predicted molar refractivity (Wildman–Crippen MR) is 156 cm³/mol. The number of nitrogens with one attached hydrogen (secondary N) is 1. The first-order chi connectivity index (χ1) is 19.3. The topological polar surface area (TPSA) is 90.0 Å². The zero-order valence-corrected chi connectivity index (χ0v) is 23.9. The van der Waals surface area contributed by atoms with E-state index in [0.717, 1.165) is 87.8 Å². The van der Waals surface area contributed by atoms with E-state index in [9.17, 15) is 19.5 Å². The third-order valence-corrected chi connectivity index (χ3v) is 9.36. The Hall–Kier alpha value is -3.35. The molecule has 3 unspecified atom stereocenters. The second kappa shape index (κ2) is 12.4. The molecule has 2 amide bonds. The Balaban J connectivity index is 1.10. The van der Waals surface area contributed by atoms with Gasteiger partial charge in [0, 0.05) is 55.8 Å². The molecule has 0 spiro atoms. The number of aryl methyl sites for hydroxylation is 3. The fourth-order valence-electron chi connectivity index (χ4n) is 7.20. The maximum absolute atomic E-state index is 13.3. The van der Waals surface area contributed by atoms with E-state index in [1.54, 1.807) is 0 Å². The normalized spacial score (nSPS) is 21.8. The number of hydrogen-bond acceptors (Lipinski definition) is 4. The van der Waals surface area contributed by atoms with Crippen molar-refractivity contribution in [1.82, 2.24) is 10.2 Å². The number of carbonyl (C=O) groups is 3. The van der Waals surface area contributed by atoms with E-state index in [2.05, 4.69) is 39.4 Å². The molecule has 3 aliphatic rings. The number of likely N-dealkylation sites (tertiary alicyclic amines) is 1. The fraction of sp³-hybridized carbons (Fsp3) is 0.545. The molecule has 7 heteroatoms. The Morgan fingerprint density at radius 1 is 0.925 bits per heavy atom. The smallest absolute Gasteiger partial charge is 0.316 e. The lowest BCUT2D eigenvalue weighted by Gasteiger charge is -2.26. The van der Waals surface area contributed by atoms with E-state index in [1.165, 1.54) is 11.3 Å². The zero-order valence-electron chi connectivity index (χ0n) is 23.9. The maximum Gasteiger partial charge on any atom is 0.316 e. The van der Waals surface area contributed by atoms with Crippen molar-refractivity contribution < 1.29 is 19.5 Å². The van der Waals surface area contributed by atoms with Crippen LogP contribution in [-0.4, -0.2) is 60.5 Å². The molecule has 0 bridgehead atoms. The minimum absolute atomic E-state index is 0.0420. The van der Waals surface area contributed by atoms with Gasteiger partial charge in [-0.05, 0) is 74.3 Å². The minimum atomic E-state index is -0.995. The molecule has 2 saturated heterocycles. The van der Waals surface area contributed by atoms with E-state index >= 15 is 0 Å². The van der Waals surface area contributed by atoms with Crippen LogP contribution < -0.4 is 10.2 Å². The summed E-state index contributed by atoms with van der Waals surface area (Å²) < 4.78 is 0. The summed E-state index contributed by atoms with van der Waals surface area (Å²) in [4.78, 5) is 42.3. The Labute approximate surface area is 237 Å². The molecular formula is C33H43N3O4. The minimum Gasteiger partial charge on any atom is -0.481 e. The Kier molecular flexibility index (Phi) is 8.77. The Morgan fingerprint density at radius 2 is 1.57 bits per heavy atom. The van der Waals surface area contributed by atoms with E-state index in [4.69, 9.17) is 0 Å². The highest BCUT2D eigenvalue weighted by Gasteiger charge is 2.42. The van der Waals surface area contributed by atoms with E-state index in [-0.39, 0.29) is 17.7 Å². The van der Waals surface area contributed by atoms with Gasteiger partial charge in [-0.1, -0.05) is 49.6 Å². The number of anilines is 1. The van der Waals surface area contributed by atoms with Gasteiger partial charge in [-0.25, -0.2) is 0 Å². The summed E-state index contributed by atoms with van der Waals surface area (Å²) in [5.74, 6) is -1.16. The summed E-state index contributed by atoms with van der Waals surface area (Å²) in [5, 5.41) is 12.6. The molecule has 214 valence electrons. The summed E-state index contributed by atoms with van der Waals surface area (Å²) >= 11 is 0. The average Bonchev–Trinajstić information content (AvgIpc) is 3.52. The molecule has 3 fully saturated rings. The number of rotatable bonds is 9. The van der Waals surface area contributed by atoms with Gasteiger partial charge in [-0.2, -0.15) is 0 Å².